The van der Waals surface area contributed by atoms with Gasteiger partial charge in [0.2, 0.25) is 0 Å². The number of guanidine groups is 1. The normalized spacial score (nSPS) is 21.9. The quantitative estimate of drug-likeness (QED) is 0.910. The Balaban J connectivity index is 2.12. The van der Waals surface area contributed by atoms with Crippen LogP contribution in [0.2, 0.25) is 0 Å². The van der Waals surface area contributed by atoms with Crippen LogP contribution in [0.1, 0.15) is 12.5 Å². The maximum atomic E-state index is 14.1. The molecule has 3 rings (SSSR count). The van der Waals surface area contributed by atoms with Crippen LogP contribution in [0.25, 0.3) is 0 Å². The van der Waals surface area contributed by atoms with Crippen molar-refractivity contribution in [2.24, 2.45) is 10.7 Å². The van der Waals surface area contributed by atoms with Crippen molar-refractivity contribution in [3.63, 3.8) is 0 Å². The molecule has 0 amide bonds. The molecular formula is C16H16FN3. The van der Waals surface area contributed by atoms with Crippen LogP contribution < -0.4 is 10.6 Å². The average Bonchev–Trinajstić information content (AvgIpc) is 2.78. The Kier molecular flexibility index (Phi) is 2.93. The molecule has 2 aromatic rings. The first kappa shape index (κ1) is 12.7. The second-order valence-electron chi connectivity index (χ2n) is 5.10. The third-order valence-electron chi connectivity index (χ3n) is 3.76. The van der Waals surface area contributed by atoms with Crippen molar-refractivity contribution in [2.75, 3.05) is 11.4 Å². The van der Waals surface area contributed by atoms with E-state index in [9.17, 15) is 4.39 Å². The molecule has 1 atom stereocenters. The summed E-state index contributed by atoms with van der Waals surface area (Å²) in [6.45, 7) is 2.54. The molecule has 0 fully saturated rings. The Labute approximate surface area is 117 Å². The summed E-state index contributed by atoms with van der Waals surface area (Å²) in [5.41, 5.74) is 7.06. The number of hydrogen-bond acceptors (Lipinski definition) is 3. The van der Waals surface area contributed by atoms with Crippen molar-refractivity contribution in [2.45, 2.75) is 12.5 Å². The average molecular weight is 269 g/mol. The molecule has 0 spiro atoms. The number of halogens is 1. The fourth-order valence-electron chi connectivity index (χ4n) is 2.67. The predicted octanol–water partition coefficient (Wildman–Crippen LogP) is 2.88. The van der Waals surface area contributed by atoms with Crippen molar-refractivity contribution in [3.05, 3.63) is 66.0 Å². The molecule has 1 aliphatic heterocycles. The highest BCUT2D eigenvalue weighted by Crippen LogP contribution is 2.37. The van der Waals surface area contributed by atoms with E-state index in [4.69, 9.17) is 5.73 Å². The van der Waals surface area contributed by atoms with E-state index in [1.807, 2.05) is 37.3 Å². The lowest BCUT2D eigenvalue weighted by Crippen LogP contribution is -2.48. The maximum Gasteiger partial charge on any atom is 0.196 e. The maximum absolute atomic E-state index is 14.1. The van der Waals surface area contributed by atoms with E-state index >= 15 is 0 Å². The molecule has 20 heavy (non-hydrogen) atoms. The van der Waals surface area contributed by atoms with Gasteiger partial charge in [0.05, 0.1) is 17.8 Å². The SMILES string of the molecule is CC1(c2ccccc2)CN=C(N)N1c1ccccc1F. The van der Waals surface area contributed by atoms with Gasteiger partial charge >= 0.3 is 0 Å². The van der Waals surface area contributed by atoms with E-state index in [0.29, 0.717) is 18.2 Å². The molecule has 3 nitrogen and oxygen atoms in total. The van der Waals surface area contributed by atoms with Crippen molar-refractivity contribution >= 4 is 11.6 Å². The summed E-state index contributed by atoms with van der Waals surface area (Å²) in [4.78, 5) is 6.09. The second-order valence-corrected chi connectivity index (χ2v) is 5.10. The first-order valence-corrected chi connectivity index (χ1v) is 6.53. The van der Waals surface area contributed by atoms with Crippen molar-refractivity contribution in [3.8, 4) is 0 Å². The van der Waals surface area contributed by atoms with Gasteiger partial charge in [-0.2, -0.15) is 0 Å². The van der Waals surface area contributed by atoms with Gasteiger partial charge in [-0.1, -0.05) is 42.5 Å². The lowest BCUT2D eigenvalue weighted by atomic mass is 9.90. The second kappa shape index (κ2) is 4.63. The fraction of sp³-hybridized carbons (Fsp3) is 0.188. The summed E-state index contributed by atoms with van der Waals surface area (Å²) in [7, 11) is 0. The number of benzene rings is 2. The Bertz CT molecular complexity index is 654. The van der Waals surface area contributed by atoms with Crippen LogP contribution in [0.4, 0.5) is 10.1 Å². The smallest absolute Gasteiger partial charge is 0.196 e. The highest BCUT2D eigenvalue weighted by Gasteiger charge is 2.41. The van der Waals surface area contributed by atoms with Gasteiger partial charge in [-0.25, -0.2) is 4.39 Å². The summed E-state index contributed by atoms with van der Waals surface area (Å²) in [6, 6.07) is 16.6. The van der Waals surface area contributed by atoms with Crippen LogP contribution in [-0.4, -0.2) is 12.5 Å². The monoisotopic (exact) mass is 269 g/mol. The van der Waals surface area contributed by atoms with Crippen molar-refractivity contribution in [1.29, 1.82) is 0 Å². The number of anilines is 1. The van der Waals surface area contributed by atoms with E-state index in [2.05, 4.69) is 4.99 Å². The molecular weight excluding hydrogens is 253 g/mol. The van der Waals surface area contributed by atoms with E-state index in [1.54, 1.807) is 23.1 Å². The minimum absolute atomic E-state index is 0.297. The number of rotatable bonds is 2. The van der Waals surface area contributed by atoms with Crippen LogP contribution in [0.3, 0.4) is 0 Å². The van der Waals surface area contributed by atoms with Crippen LogP contribution in [0.15, 0.2) is 59.6 Å². The number of nitrogens with two attached hydrogens (primary N) is 1. The summed E-state index contributed by atoms with van der Waals surface area (Å²) in [6.07, 6.45) is 0. The molecule has 0 bridgehead atoms. The Morgan fingerprint density at radius 1 is 1.10 bits per heavy atom. The number of hydrogen-bond donors (Lipinski definition) is 1. The minimum atomic E-state index is -0.465. The van der Waals surface area contributed by atoms with Gasteiger partial charge in [0, 0.05) is 0 Å². The lowest BCUT2D eigenvalue weighted by Gasteiger charge is -2.36. The van der Waals surface area contributed by atoms with E-state index in [0.717, 1.165) is 5.56 Å². The molecule has 0 aliphatic carbocycles. The molecule has 2 aromatic carbocycles. The highest BCUT2D eigenvalue weighted by molar-refractivity contribution is 5.98. The number of aliphatic imine (C=N–C) groups is 1. The van der Waals surface area contributed by atoms with E-state index in [1.165, 1.54) is 6.07 Å². The van der Waals surface area contributed by atoms with Gasteiger partial charge < -0.3 is 5.73 Å². The fourth-order valence-corrected chi connectivity index (χ4v) is 2.67. The van der Waals surface area contributed by atoms with Crippen molar-refractivity contribution in [1.82, 2.24) is 0 Å². The first-order valence-electron chi connectivity index (χ1n) is 6.53. The van der Waals surface area contributed by atoms with Crippen molar-refractivity contribution < 1.29 is 4.39 Å². The Morgan fingerprint density at radius 3 is 2.45 bits per heavy atom. The molecule has 1 unspecified atom stereocenters. The molecule has 1 heterocycles. The summed E-state index contributed by atoms with van der Waals surface area (Å²) in [5, 5.41) is 0. The summed E-state index contributed by atoms with van der Waals surface area (Å²) >= 11 is 0. The van der Waals surface area contributed by atoms with Crippen LogP contribution in [0, 0.1) is 5.82 Å². The third-order valence-corrected chi connectivity index (χ3v) is 3.76. The zero-order chi connectivity index (χ0) is 14.2. The van der Waals surface area contributed by atoms with E-state index < -0.39 is 5.54 Å². The third kappa shape index (κ3) is 1.84. The van der Waals surface area contributed by atoms with Gasteiger partial charge in [-0.3, -0.25) is 9.89 Å². The molecule has 0 aromatic heterocycles. The Morgan fingerprint density at radius 2 is 1.75 bits per heavy atom. The summed E-state index contributed by atoms with van der Waals surface area (Å²) in [5.74, 6) is 0.0520. The van der Waals surface area contributed by atoms with Crippen LogP contribution in [-0.2, 0) is 5.54 Å². The molecule has 2 N–H and O–H groups in total. The first-order chi connectivity index (χ1) is 9.63. The minimum Gasteiger partial charge on any atom is -0.369 e. The number of para-hydroxylation sites is 1. The lowest BCUT2D eigenvalue weighted by molar-refractivity contribution is 0.520. The van der Waals surface area contributed by atoms with Gasteiger partial charge in [-0.15, -0.1) is 0 Å². The molecule has 0 radical (unpaired) electrons. The molecule has 4 heteroatoms. The van der Waals surface area contributed by atoms with Gasteiger partial charge in [-0.05, 0) is 24.6 Å². The van der Waals surface area contributed by atoms with Gasteiger partial charge in [0.25, 0.3) is 0 Å². The van der Waals surface area contributed by atoms with Crippen LogP contribution in [0.5, 0.6) is 0 Å². The zero-order valence-corrected chi connectivity index (χ0v) is 11.3. The van der Waals surface area contributed by atoms with Gasteiger partial charge in [0.1, 0.15) is 5.82 Å². The number of nitrogens with zero attached hydrogens (tertiary/aromatic N) is 2. The highest BCUT2D eigenvalue weighted by atomic mass is 19.1. The molecule has 0 saturated carbocycles. The van der Waals surface area contributed by atoms with E-state index in [-0.39, 0.29) is 5.82 Å². The Hall–Kier alpha value is -2.36. The zero-order valence-electron chi connectivity index (χ0n) is 11.3. The molecule has 0 saturated heterocycles. The largest absolute Gasteiger partial charge is 0.369 e. The summed E-state index contributed by atoms with van der Waals surface area (Å²) < 4.78 is 14.1. The standard InChI is InChI=1S/C16H16FN3/c1-16(12-7-3-2-4-8-12)11-19-15(18)20(16)14-10-6-5-9-13(14)17/h2-10H,11H2,1H3,(H2,18,19). The molecule has 1 aliphatic rings. The predicted molar refractivity (Wildman–Crippen MR) is 79.2 cm³/mol. The van der Waals surface area contributed by atoms with Gasteiger partial charge in [0.15, 0.2) is 5.96 Å². The van der Waals surface area contributed by atoms with Crippen LogP contribution >= 0.6 is 0 Å². The molecule has 102 valence electrons. The topological polar surface area (TPSA) is 41.6 Å².